The lowest BCUT2D eigenvalue weighted by atomic mass is 9.81. The Balaban J connectivity index is 1.52. The molecular weight excluding hydrogens is 552 g/mol. The van der Waals surface area contributed by atoms with Gasteiger partial charge in [0.25, 0.3) is 0 Å². The molecule has 0 atom stereocenters. The van der Waals surface area contributed by atoms with Crippen molar-refractivity contribution in [2.45, 2.75) is 63.2 Å². The Hall–Kier alpha value is -2.80. The van der Waals surface area contributed by atoms with Gasteiger partial charge in [0.2, 0.25) is 31.9 Å². The van der Waals surface area contributed by atoms with Crippen molar-refractivity contribution in [3.8, 4) is 0 Å². The Labute approximate surface area is 238 Å². The Morgan fingerprint density at radius 3 is 1.12 bits per heavy atom. The second kappa shape index (κ2) is 13.7. The molecule has 0 unspecified atom stereocenters. The summed E-state index contributed by atoms with van der Waals surface area (Å²) in [4.78, 5) is 26.0. The van der Waals surface area contributed by atoms with Gasteiger partial charge in [0.15, 0.2) is 0 Å². The molecule has 0 saturated heterocycles. The average Bonchev–Trinajstić information content (AvgIpc) is 2.94. The number of carbonyl (C=O) groups excluding carboxylic acids is 2. The van der Waals surface area contributed by atoms with E-state index >= 15 is 0 Å². The van der Waals surface area contributed by atoms with Gasteiger partial charge in [0, 0.05) is 49.4 Å². The molecular formula is C28H40N4O6S2. The molecule has 2 aromatic carbocycles. The molecule has 1 aliphatic rings. The molecule has 2 N–H and O–H groups in total. The minimum absolute atomic E-state index is 0.150. The van der Waals surface area contributed by atoms with E-state index in [0.717, 1.165) is 0 Å². The summed E-state index contributed by atoms with van der Waals surface area (Å²) in [6.45, 7) is 8.67. The third-order valence-electron chi connectivity index (χ3n) is 7.40. The number of hydrogen-bond donors (Lipinski definition) is 2. The highest BCUT2D eigenvalue weighted by Gasteiger charge is 2.30. The lowest BCUT2D eigenvalue weighted by Gasteiger charge is -2.27. The van der Waals surface area contributed by atoms with Crippen molar-refractivity contribution in [3.63, 3.8) is 0 Å². The van der Waals surface area contributed by atoms with Gasteiger partial charge in [-0.25, -0.2) is 16.8 Å². The third kappa shape index (κ3) is 7.28. The van der Waals surface area contributed by atoms with Crippen molar-refractivity contribution < 1.29 is 26.4 Å². The Morgan fingerprint density at radius 1 is 0.600 bits per heavy atom. The van der Waals surface area contributed by atoms with Crippen molar-refractivity contribution in [2.75, 3.05) is 36.8 Å². The zero-order valence-corrected chi connectivity index (χ0v) is 25.2. The molecule has 12 heteroatoms. The summed E-state index contributed by atoms with van der Waals surface area (Å²) in [5.41, 5.74) is 1.05. The van der Waals surface area contributed by atoms with Crippen LogP contribution in [-0.4, -0.2) is 63.4 Å². The van der Waals surface area contributed by atoms with E-state index in [1.54, 1.807) is 52.0 Å². The van der Waals surface area contributed by atoms with E-state index in [-0.39, 0.29) is 33.4 Å². The van der Waals surface area contributed by atoms with Gasteiger partial charge in [0.1, 0.15) is 0 Å². The molecule has 2 amide bonds. The first-order valence-electron chi connectivity index (χ1n) is 13.8. The normalized spacial score (nSPS) is 18.1. The van der Waals surface area contributed by atoms with Crippen LogP contribution in [0.3, 0.4) is 0 Å². The zero-order valence-electron chi connectivity index (χ0n) is 23.6. The number of hydrogen-bond acceptors (Lipinski definition) is 6. The van der Waals surface area contributed by atoms with Crippen molar-refractivity contribution in [3.05, 3.63) is 48.5 Å². The number of carbonyl (C=O) groups is 2. The Morgan fingerprint density at radius 2 is 0.875 bits per heavy atom. The van der Waals surface area contributed by atoms with E-state index < -0.39 is 20.0 Å². The quantitative estimate of drug-likeness (QED) is 0.381. The van der Waals surface area contributed by atoms with Crippen LogP contribution in [0.2, 0.25) is 0 Å². The van der Waals surface area contributed by atoms with Crippen LogP contribution in [0.1, 0.15) is 53.4 Å². The number of benzene rings is 2. The maximum absolute atomic E-state index is 12.8. The van der Waals surface area contributed by atoms with Gasteiger partial charge in [-0.05, 0) is 74.2 Å². The van der Waals surface area contributed by atoms with Gasteiger partial charge in [-0.1, -0.05) is 27.7 Å². The predicted molar refractivity (Wildman–Crippen MR) is 156 cm³/mol. The van der Waals surface area contributed by atoms with Crippen LogP contribution >= 0.6 is 0 Å². The van der Waals surface area contributed by atoms with Crippen LogP contribution in [0.25, 0.3) is 0 Å². The number of nitrogens with one attached hydrogen (secondary N) is 2. The smallest absolute Gasteiger partial charge is 0.243 e. The van der Waals surface area contributed by atoms with Crippen LogP contribution < -0.4 is 10.6 Å². The molecule has 0 heterocycles. The van der Waals surface area contributed by atoms with Crippen LogP contribution in [0, 0.1) is 11.8 Å². The summed E-state index contributed by atoms with van der Waals surface area (Å²) in [6, 6.07) is 12.3. The monoisotopic (exact) mass is 592 g/mol. The van der Waals surface area contributed by atoms with E-state index in [4.69, 9.17) is 0 Å². The Bertz CT molecular complexity index is 1250. The van der Waals surface area contributed by atoms with Crippen LogP contribution in [0.5, 0.6) is 0 Å². The minimum atomic E-state index is -3.56. The van der Waals surface area contributed by atoms with Crippen LogP contribution in [-0.2, 0) is 29.6 Å². The molecule has 0 aromatic heterocycles. The second-order valence-corrected chi connectivity index (χ2v) is 13.6. The third-order valence-corrected chi connectivity index (χ3v) is 11.5. The highest BCUT2D eigenvalue weighted by Crippen LogP contribution is 2.31. The van der Waals surface area contributed by atoms with E-state index in [1.807, 2.05) is 0 Å². The van der Waals surface area contributed by atoms with E-state index in [0.29, 0.717) is 63.2 Å². The maximum atomic E-state index is 12.8. The van der Waals surface area contributed by atoms with Gasteiger partial charge in [0.05, 0.1) is 9.79 Å². The molecule has 1 fully saturated rings. The van der Waals surface area contributed by atoms with Crippen molar-refractivity contribution in [2.24, 2.45) is 11.8 Å². The molecule has 220 valence electrons. The van der Waals surface area contributed by atoms with Gasteiger partial charge in [-0.15, -0.1) is 0 Å². The SMILES string of the molecule is CCN(CC)S(=O)(=O)c1ccc(NC(=O)C2CCC(C(=O)Nc3ccc(S(=O)(=O)N(CC)CC)cc3)CC2)cc1. The first kappa shape index (κ1) is 31.7. The number of anilines is 2. The summed E-state index contributed by atoms with van der Waals surface area (Å²) >= 11 is 0. The summed E-state index contributed by atoms with van der Waals surface area (Å²) in [5, 5.41) is 5.73. The number of amides is 2. The molecule has 0 radical (unpaired) electrons. The number of nitrogens with zero attached hydrogens (tertiary/aromatic N) is 2. The second-order valence-electron chi connectivity index (χ2n) is 9.75. The number of rotatable bonds is 12. The Kier molecular flexibility index (Phi) is 10.9. The summed E-state index contributed by atoms with van der Waals surface area (Å²) < 4.78 is 53.4. The lowest BCUT2D eigenvalue weighted by molar-refractivity contribution is -0.125. The van der Waals surface area contributed by atoms with Crippen molar-refractivity contribution >= 4 is 43.2 Å². The first-order chi connectivity index (χ1) is 19.0. The van der Waals surface area contributed by atoms with Gasteiger partial charge in [-0.3, -0.25) is 9.59 Å². The molecule has 1 aliphatic carbocycles. The molecule has 40 heavy (non-hydrogen) atoms. The fraction of sp³-hybridized carbons (Fsp3) is 0.500. The molecule has 10 nitrogen and oxygen atoms in total. The predicted octanol–water partition coefficient (Wildman–Crippen LogP) is 4.13. The lowest BCUT2D eigenvalue weighted by Crippen LogP contribution is -2.32. The fourth-order valence-electron chi connectivity index (χ4n) is 4.95. The first-order valence-corrected chi connectivity index (χ1v) is 16.7. The average molecular weight is 593 g/mol. The van der Waals surface area contributed by atoms with Gasteiger partial charge in [-0.2, -0.15) is 8.61 Å². The van der Waals surface area contributed by atoms with E-state index in [1.165, 1.54) is 32.9 Å². The summed E-state index contributed by atoms with van der Waals surface area (Å²) in [6.07, 6.45) is 2.22. The molecule has 0 bridgehead atoms. The topological polar surface area (TPSA) is 133 Å². The summed E-state index contributed by atoms with van der Waals surface area (Å²) in [7, 11) is -7.13. The van der Waals surface area contributed by atoms with Crippen molar-refractivity contribution in [1.29, 1.82) is 0 Å². The van der Waals surface area contributed by atoms with Gasteiger partial charge < -0.3 is 10.6 Å². The maximum Gasteiger partial charge on any atom is 0.243 e. The van der Waals surface area contributed by atoms with Gasteiger partial charge >= 0.3 is 0 Å². The number of sulfonamides is 2. The molecule has 3 rings (SSSR count). The molecule has 2 aromatic rings. The minimum Gasteiger partial charge on any atom is -0.326 e. The summed E-state index contributed by atoms with van der Waals surface area (Å²) in [5.74, 6) is -0.785. The molecule has 1 saturated carbocycles. The highest BCUT2D eigenvalue weighted by atomic mass is 32.2. The van der Waals surface area contributed by atoms with E-state index in [2.05, 4.69) is 10.6 Å². The van der Waals surface area contributed by atoms with Crippen LogP contribution in [0.15, 0.2) is 58.3 Å². The largest absolute Gasteiger partial charge is 0.326 e. The van der Waals surface area contributed by atoms with Crippen LogP contribution in [0.4, 0.5) is 11.4 Å². The zero-order chi connectivity index (χ0) is 29.5. The molecule has 0 spiro atoms. The standard InChI is InChI=1S/C28H40N4O6S2/c1-5-31(6-2)39(35,36)25-17-13-23(14-18-25)29-27(33)21-9-11-22(12-10-21)28(34)30-24-15-19-26(20-16-24)40(37,38)32(7-3)8-4/h13-22H,5-12H2,1-4H3,(H,29,33)(H,30,34). The highest BCUT2D eigenvalue weighted by molar-refractivity contribution is 7.89. The fourth-order valence-corrected chi connectivity index (χ4v) is 7.87. The van der Waals surface area contributed by atoms with E-state index in [9.17, 15) is 26.4 Å². The van der Waals surface area contributed by atoms with Crippen molar-refractivity contribution in [1.82, 2.24) is 8.61 Å². The molecule has 0 aliphatic heterocycles.